The Bertz CT molecular complexity index is 1360. The van der Waals surface area contributed by atoms with E-state index in [1.807, 2.05) is 30.3 Å². The summed E-state index contributed by atoms with van der Waals surface area (Å²) in [6.45, 7) is 6.18. The van der Waals surface area contributed by atoms with Crippen molar-refractivity contribution in [3.63, 3.8) is 0 Å². The summed E-state index contributed by atoms with van der Waals surface area (Å²) in [6.07, 6.45) is 0.575. The third kappa shape index (κ3) is 5.36. The lowest BCUT2D eigenvalue weighted by molar-refractivity contribution is -0.137. The highest BCUT2D eigenvalue weighted by molar-refractivity contribution is 6.05. The van der Waals surface area contributed by atoms with E-state index in [0.717, 1.165) is 22.3 Å². The minimum absolute atomic E-state index is 0.193. The number of hydrogen-bond donors (Lipinski definition) is 2. The summed E-state index contributed by atoms with van der Waals surface area (Å²) < 4.78 is 5.59. The standard InChI is InChI=1S/C29H32N4O6/c1-29(2,3)39-28(38)32-13-12-18-6-4-5-7-20(18)24(32)26(36)30-15-17-8-9-21-19(14-17)16-33(27(21)37)22-10-11-23(34)31-25(22)35/h4-9,14,22,24H,10-13,15-16H2,1-3H3,(H,30,36)(H,31,34,35). The van der Waals surface area contributed by atoms with E-state index in [-0.39, 0.29) is 37.2 Å². The molecular formula is C29H32N4O6. The highest BCUT2D eigenvalue weighted by Crippen LogP contribution is 2.32. The smallest absolute Gasteiger partial charge is 0.411 e. The Hall–Kier alpha value is -4.21. The van der Waals surface area contributed by atoms with Gasteiger partial charge in [0.2, 0.25) is 17.7 Å². The molecule has 2 aromatic rings. The summed E-state index contributed by atoms with van der Waals surface area (Å²) in [5.74, 6) is -1.36. The maximum atomic E-state index is 13.5. The average molecular weight is 533 g/mol. The van der Waals surface area contributed by atoms with Gasteiger partial charge in [-0.25, -0.2) is 4.79 Å². The number of ether oxygens (including phenoxy) is 1. The van der Waals surface area contributed by atoms with Crippen molar-refractivity contribution in [1.82, 2.24) is 20.4 Å². The van der Waals surface area contributed by atoms with Crippen molar-refractivity contribution in [1.29, 1.82) is 0 Å². The van der Waals surface area contributed by atoms with Crippen molar-refractivity contribution in [3.05, 3.63) is 70.3 Å². The molecule has 10 heteroatoms. The van der Waals surface area contributed by atoms with Crippen molar-refractivity contribution >= 4 is 29.7 Å². The molecule has 2 N–H and O–H groups in total. The van der Waals surface area contributed by atoms with E-state index in [1.165, 1.54) is 9.80 Å². The molecule has 3 heterocycles. The van der Waals surface area contributed by atoms with Crippen molar-refractivity contribution in [2.75, 3.05) is 6.54 Å². The molecule has 0 aliphatic carbocycles. The van der Waals surface area contributed by atoms with Gasteiger partial charge in [-0.2, -0.15) is 0 Å². The molecule has 3 aliphatic heterocycles. The lowest BCUT2D eigenvalue weighted by Gasteiger charge is -2.37. The Morgan fingerprint density at radius 3 is 2.56 bits per heavy atom. The third-order valence-electron chi connectivity index (χ3n) is 7.21. The maximum Gasteiger partial charge on any atom is 0.411 e. The van der Waals surface area contributed by atoms with Crippen LogP contribution in [0.3, 0.4) is 0 Å². The monoisotopic (exact) mass is 532 g/mol. The Morgan fingerprint density at radius 2 is 1.82 bits per heavy atom. The van der Waals surface area contributed by atoms with Crippen LogP contribution in [-0.2, 0) is 38.6 Å². The number of amides is 5. The maximum absolute atomic E-state index is 13.5. The molecule has 0 radical (unpaired) electrons. The second kappa shape index (κ2) is 10.2. The zero-order chi connectivity index (χ0) is 27.9. The van der Waals surface area contributed by atoms with Gasteiger partial charge < -0.3 is 15.0 Å². The summed E-state index contributed by atoms with van der Waals surface area (Å²) in [5, 5.41) is 5.26. The third-order valence-corrected chi connectivity index (χ3v) is 7.21. The van der Waals surface area contributed by atoms with Crippen LogP contribution < -0.4 is 10.6 Å². The normalized spacial score (nSPS) is 20.7. The fourth-order valence-corrected chi connectivity index (χ4v) is 5.39. The highest BCUT2D eigenvalue weighted by atomic mass is 16.6. The zero-order valence-electron chi connectivity index (χ0n) is 22.3. The summed E-state index contributed by atoms with van der Waals surface area (Å²) in [7, 11) is 0. The molecule has 1 saturated heterocycles. The first-order chi connectivity index (χ1) is 18.5. The summed E-state index contributed by atoms with van der Waals surface area (Å²) in [5.41, 5.74) is 3.14. The first kappa shape index (κ1) is 26.4. The fourth-order valence-electron chi connectivity index (χ4n) is 5.39. The number of carbonyl (C=O) groups is 5. The molecule has 5 amide bonds. The van der Waals surface area contributed by atoms with E-state index in [1.54, 1.807) is 32.9 Å². The van der Waals surface area contributed by atoms with Crippen LogP contribution in [0.15, 0.2) is 42.5 Å². The fraction of sp³-hybridized carbons (Fsp3) is 0.414. The van der Waals surface area contributed by atoms with Gasteiger partial charge in [0, 0.05) is 31.6 Å². The Kier molecular flexibility index (Phi) is 6.88. The quantitative estimate of drug-likeness (QED) is 0.584. The second-order valence-electron chi connectivity index (χ2n) is 11.1. The number of fused-ring (bicyclic) bond motifs is 2. The van der Waals surface area contributed by atoms with Crippen LogP contribution in [0, 0.1) is 0 Å². The van der Waals surface area contributed by atoms with Crippen molar-refractivity contribution in [2.24, 2.45) is 0 Å². The molecule has 2 aromatic carbocycles. The zero-order valence-corrected chi connectivity index (χ0v) is 22.3. The van der Waals surface area contributed by atoms with Gasteiger partial charge in [0.1, 0.15) is 17.7 Å². The number of nitrogens with one attached hydrogen (secondary N) is 2. The van der Waals surface area contributed by atoms with E-state index in [9.17, 15) is 24.0 Å². The number of piperidine rings is 1. The van der Waals surface area contributed by atoms with Gasteiger partial charge in [-0.05, 0) is 61.9 Å². The van der Waals surface area contributed by atoms with E-state index < -0.39 is 29.7 Å². The van der Waals surface area contributed by atoms with Gasteiger partial charge in [0.05, 0.1) is 0 Å². The molecule has 0 bridgehead atoms. The Morgan fingerprint density at radius 1 is 1.05 bits per heavy atom. The van der Waals surface area contributed by atoms with Gasteiger partial charge in [0.15, 0.2) is 0 Å². The topological polar surface area (TPSA) is 125 Å². The molecule has 0 saturated carbocycles. The number of carbonyl (C=O) groups excluding carboxylic acids is 5. The second-order valence-corrected chi connectivity index (χ2v) is 11.1. The summed E-state index contributed by atoms with van der Waals surface area (Å²) in [6, 6.07) is 11.4. The lowest BCUT2D eigenvalue weighted by atomic mass is 9.92. The number of rotatable bonds is 4. The van der Waals surface area contributed by atoms with Gasteiger partial charge in [-0.3, -0.25) is 29.4 Å². The number of hydrogen-bond acceptors (Lipinski definition) is 6. The van der Waals surface area contributed by atoms with Crippen molar-refractivity contribution in [2.45, 2.75) is 70.8 Å². The lowest BCUT2D eigenvalue weighted by Crippen LogP contribution is -2.52. The first-order valence-corrected chi connectivity index (χ1v) is 13.1. The van der Waals surface area contributed by atoms with E-state index >= 15 is 0 Å². The average Bonchev–Trinajstić information content (AvgIpc) is 3.20. The predicted molar refractivity (Wildman–Crippen MR) is 140 cm³/mol. The van der Waals surface area contributed by atoms with Crippen LogP contribution in [0.2, 0.25) is 0 Å². The van der Waals surface area contributed by atoms with Crippen LogP contribution >= 0.6 is 0 Å². The molecule has 204 valence electrons. The van der Waals surface area contributed by atoms with E-state index in [2.05, 4.69) is 10.6 Å². The molecular weight excluding hydrogens is 500 g/mol. The van der Waals surface area contributed by atoms with Crippen LogP contribution in [0.5, 0.6) is 0 Å². The molecule has 2 unspecified atom stereocenters. The minimum atomic E-state index is -0.830. The van der Waals surface area contributed by atoms with Crippen LogP contribution in [0.4, 0.5) is 4.79 Å². The molecule has 5 rings (SSSR count). The minimum Gasteiger partial charge on any atom is -0.444 e. The Balaban J connectivity index is 1.30. The number of imide groups is 1. The summed E-state index contributed by atoms with van der Waals surface area (Å²) >= 11 is 0. The van der Waals surface area contributed by atoms with Crippen LogP contribution in [0.1, 0.15) is 72.3 Å². The SMILES string of the molecule is CC(C)(C)OC(=O)N1CCc2ccccc2C1C(=O)NCc1ccc2c(c1)CN(C1CCC(=O)NC1=O)C2=O. The number of nitrogens with zero attached hydrogens (tertiary/aromatic N) is 2. The van der Waals surface area contributed by atoms with Crippen LogP contribution in [-0.4, -0.2) is 57.7 Å². The molecule has 0 spiro atoms. The number of benzene rings is 2. The van der Waals surface area contributed by atoms with Crippen LogP contribution in [0.25, 0.3) is 0 Å². The molecule has 2 atom stereocenters. The highest BCUT2D eigenvalue weighted by Gasteiger charge is 2.40. The van der Waals surface area contributed by atoms with Crippen molar-refractivity contribution in [3.8, 4) is 0 Å². The molecule has 0 aromatic heterocycles. The summed E-state index contributed by atoms with van der Waals surface area (Å²) in [4.78, 5) is 66.3. The molecule has 10 nitrogen and oxygen atoms in total. The molecule has 3 aliphatic rings. The van der Waals surface area contributed by atoms with Gasteiger partial charge in [-0.15, -0.1) is 0 Å². The van der Waals surface area contributed by atoms with E-state index in [4.69, 9.17) is 4.74 Å². The Labute approximate surface area is 226 Å². The predicted octanol–water partition coefficient (Wildman–Crippen LogP) is 2.60. The molecule has 1 fully saturated rings. The van der Waals surface area contributed by atoms with Crippen molar-refractivity contribution < 1.29 is 28.7 Å². The van der Waals surface area contributed by atoms with Gasteiger partial charge in [-0.1, -0.05) is 36.4 Å². The van der Waals surface area contributed by atoms with E-state index in [0.29, 0.717) is 24.9 Å². The van der Waals surface area contributed by atoms with Gasteiger partial charge >= 0.3 is 6.09 Å². The molecule has 39 heavy (non-hydrogen) atoms. The largest absolute Gasteiger partial charge is 0.444 e. The van der Waals surface area contributed by atoms with Gasteiger partial charge in [0.25, 0.3) is 5.91 Å². The first-order valence-electron chi connectivity index (χ1n) is 13.1.